The van der Waals surface area contributed by atoms with E-state index in [-0.39, 0.29) is 6.03 Å². The second-order valence-electron chi connectivity index (χ2n) is 6.60. The number of rotatable bonds is 5. The summed E-state index contributed by atoms with van der Waals surface area (Å²) in [6.07, 6.45) is 9.25. The van der Waals surface area contributed by atoms with Crippen LogP contribution in [0.5, 0.6) is 11.5 Å². The Morgan fingerprint density at radius 3 is 2.58 bits per heavy atom. The predicted octanol–water partition coefficient (Wildman–Crippen LogP) is 4.19. The summed E-state index contributed by atoms with van der Waals surface area (Å²) in [6, 6.07) is 5.97. The van der Waals surface area contributed by atoms with Crippen molar-refractivity contribution in [2.75, 3.05) is 20.8 Å². The zero-order valence-electron chi connectivity index (χ0n) is 15.8. The number of methoxy groups -OCH3 is 2. The number of nitrogens with zero attached hydrogens (tertiary/aromatic N) is 3. The Balaban J connectivity index is 1.81. The van der Waals surface area contributed by atoms with Crippen molar-refractivity contribution in [3.63, 3.8) is 0 Å². The van der Waals surface area contributed by atoms with E-state index in [1.54, 1.807) is 31.3 Å². The molecule has 2 aromatic rings. The Labute approximate surface area is 154 Å². The van der Waals surface area contributed by atoms with Crippen molar-refractivity contribution in [3.05, 3.63) is 30.7 Å². The lowest BCUT2D eigenvalue weighted by atomic mass is 9.94. The maximum absolute atomic E-state index is 12.9. The van der Waals surface area contributed by atoms with E-state index in [9.17, 15) is 4.79 Å². The Morgan fingerprint density at radius 1 is 1.19 bits per heavy atom. The molecule has 140 valence electrons. The molecule has 26 heavy (non-hydrogen) atoms. The summed E-state index contributed by atoms with van der Waals surface area (Å²) in [5.41, 5.74) is 1.62. The molecule has 6 heteroatoms. The van der Waals surface area contributed by atoms with E-state index in [0.29, 0.717) is 24.1 Å². The van der Waals surface area contributed by atoms with Crippen LogP contribution in [0.1, 0.15) is 39.0 Å². The van der Waals surface area contributed by atoms with Crippen molar-refractivity contribution >= 4 is 6.03 Å². The van der Waals surface area contributed by atoms with Crippen molar-refractivity contribution in [1.82, 2.24) is 14.5 Å². The van der Waals surface area contributed by atoms with Crippen LogP contribution in [-0.4, -0.2) is 47.3 Å². The fourth-order valence-corrected chi connectivity index (χ4v) is 3.66. The van der Waals surface area contributed by atoms with Gasteiger partial charge >= 0.3 is 6.03 Å². The summed E-state index contributed by atoms with van der Waals surface area (Å²) in [7, 11) is 3.21. The van der Waals surface area contributed by atoms with E-state index in [1.807, 2.05) is 30.0 Å². The molecule has 1 aliphatic carbocycles. The number of hydrogen-bond donors (Lipinski definition) is 0. The second kappa shape index (κ2) is 8.25. The Bertz CT molecular complexity index is 751. The van der Waals surface area contributed by atoms with Crippen LogP contribution in [0.25, 0.3) is 11.3 Å². The van der Waals surface area contributed by atoms with Gasteiger partial charge in [-0.2, -0.15) is 0 Å². The van der Waals surface area contributed by atoms with E-state index < -0.39 is 0 Å². The average Bonchev–Trinajstić information content (AvgIpc) is 3.19. The number of amides is 1. The molecule has 0 radical (unpaired) electrons. The fraction of sp³-hybridized carbons (Fsp3) is 0.500. The first-order chi connectivity index (χ1) is 12.7. The molecule has 0 spiro atoms. The fourth-order valence-electron chi connectivity index (χ4n) is 3.66. The van der Waals surface area contributed by atoms with Gasteiger partial charge in [0.15, 0.2) is 11.5 Å². The summed E-state index contributed by atoms with van der Waals surface area (Å²) >= 11 is 0. The highest BCUT2D eigenvalue weighted by Crippen LogP contribution is 2.31. The van der Waals surface area contributed by atoms with Gasteiger partial charge in [0.2, 0.25) is 0 Å². The summed E-state index contributed by atoms with van der Waals surface area (Å²) in [4.78, 5) is 19.3. The average molecular weight is 357 g/mol. The molecular formula is C20H27N3O3. The van der Waals surface area contributed by atoms with Crippen molar-refractivity contribution < 1.29 is 14.3 Å². The summed E-state index contributed by atoms with van der Waals surface area (Å²) in [5.74, 6) is 1.31. The molecule has 0 saturated heterocycles. The lowest BCUT2D eigenvalue weighted by Crippen LogP contribution is -2.43. The molecule has 0 bridgehead atoms. The Hall–Kier alpha value is -2.50. The van der Waals surface area contributed by atoms with Crippen LogP contribution in [0.3, 0.4) is 0 Å². The van der Waals surface area contributed by atoms with Crippen LogP contribution in [0.2, 0.25) is 0 Å². The van der Waals surface area contributed by atoms with Crippen molar-refractivity contribution in [2.45, 2.75) is 45.1 Å². The molecule has 1 fully saturated rings. The molecule has 1 heterocycles. The smallest absolute Gasteiger partial charge is 0.329 e. The number of benzene rings is 1. The van der Waals surface area contributed by atoms with E-state index in [2.05, 4.69) is 4.98 Å². The summed E-state index contributed by atoms with van der Waals surface area (Å²) in [5, 5.41) is 0. The minimum Gasteiger partial charge on any atom is -0.493 e. The molecule has 1 amide bonds. The van der Waals surface area contributed by atoms with Gasteiger partial charge in [-0.05, 0) is 38.0 Å². The van der Waals surface area contributed by atoms with Crippen LogP contribution in [0, 0.1) is 0 Å². The monoisotopic (exact) mass is 357 g/mol. The maximum Gasteiger partial charge on any atom is 0.329 e. The largest absolute Gasteiger partial charge is 0.493 e. The number of aromatic nitrogens is 2. The standard InChI is InChI=1S/C20H27N3O3/c1-4-23(16-8-6-5-7-9-16)20(24)22-13-17(21-14-22)15-10-11-18(25-2)19(12-15)26-3/h10-14,16H,4-9H2,1-3H3. The third-order valence-electron chi connectivity index (χ3n) is 5.08. The Morgan fingerprint density at radius 2 is 1.92 bits per heavy atom. The highest BCUT2D eigenvalue weighted by Gasteiger charge is 2.25. The molecule has 1 saturated carbocycles. The van der Waals surface area contributed by atoms with Crippen molar-refractivity contribution in [2.24, 2.45) is 0 Å². The van der Waals surface area contributed by atoms with Gasteiger partial charge in [-0.15, -0.1) is 0 Å². The summed E-state index contributed by atoms with van der Waals surface area (Å²) < 4.78 is 12.2. The van der Waals surface area contributed by atoms with Gasteiger partial charge < -0.3 is 14.4 Å². The van der Waals surface area contributed by atoms with Gasteiger partial charge in [-0.1, -0.05) is 19.3 Å². The van der Waals surface area contributed by atoms with E-state index in [4.69, 9.17) is 9.47 Å². The zero-order valence-corrected chi connectivity index (χ0v) is 15.8. The van der Waals surface area contributed by atoms with Crippen molar-refractivity contribution in [3.8, 4) is 22.8 Å². The highest BCUT2D eigenvalue weighted by atomic mass is 16.5. The minimum absolute atomic E-state index is 0.00127. The number of carbonyl (C=O) groups excluding carboxylic acids is 1. The van der Waals surface area contributed by atoms with Crippen LogP contribution in [0.15, 0.2) is 30.7 Å². The van der Waals surface area contributed by atoms with Gasteiger partial charge in [0.25, 0.3) is 0 Å². The molecule has 1 aromatic heterocycles. The zero-order chi connectivity index (χ0) is 18.5. The first-order valence-corrected chi connectivity index (χ1v) is 9.25. The molecule has 1 aliphatic rings. The predicted molar refractivity (Wildman–Crippen MR) is 101 cm³/mol. The lowest BCUT2D eigenvalue weighted by Gasteiger charge is -2.33. The molecule has 0 aliphatic heterocycles. The van der Waals surface area contributed by atoms with Gasteiger partial charge in [0.05, 0.1) is 19.9 Å². The van der Waals surface area contributed by atoms with E-state index in [1.165, 1.54) is 19.3 Å². The minimum atomic E-state index is -0.00127. The molecule has 1 aromatic carbocycles. The topological polar surface area (TPSA) is 56.6 Å². The SMILES string of the molecule is CCN(C(=O)n1cnc(-c2ccc(OC)c(OC)c2)c1)C1CCCCC1. The van der Waals surface area contributed by atoms with Gasteiger partial charge in [-0.25, -0.2) is 9.78 Å². The lowest BCUT2D eigenvalue weighted by molar-refractivity contribution is 0.161. The third-order valence-corrected chi connectivity index (χ3v) is 5.08. The number of imidazole rings is 1. The first-order valence-electron chi connectivity index (χ1n) is 9.25. The first kappa shape index (κ1) is 18.3. The number of hydrogen-bond acceptors (Lipinski definition) is 4. The quantitative estimate of drug-likeness (QED) is 0.805. The van der Waals surface area contributed by atoms with E-state index in [0.717, 1.165) is 24.1 Å². The molecule has 0 unspecified atom stereocenters. The van der Waals surface area contributed by atoms with E-state index >= 15 is 0 Å². The molecular weight excluding hydrogens is 330 g/mol. The number of carbonyl (C=O) groups is 1. The van der Waals surface area contributed by atoms with Gasteiger partial charge in [0, 0.05) is 24.3 Å². The van der Waals surface area contributed by atoms with Crippen LogP contribution in [0.4, 0.5) is 4.79 Å². The maximum atomic E-state index is 12.9. The van der Waals surface area contributed by atoms with Crippen molar-refractivity contribution in [1.29, 1.82) is 0 Å². The molecule has 0 atom stereocenters. The van der Waals surface area contributed by atoms with Crippen LogP contribution >= 0.6 is 0 Å². The molecule has 3 rings (SSSR count). The summed E-state index contributed by atoms with van der Waals surface area (Å²) in [6.45, 7) is 2.76. The highest BCUT2D eigenvalue weighted by molar-refractivity contribution is 5.78. The third kappa shape index (κ3) is 3.69. The van der Waals surface area contributed by atoms with Crippen LogP contribution in [-0.2, 0) is 0 Å². The van der Waals surface area contributed by atoms with Crippen LogP contribution < -0.4 is 9.47 Å². The molecule has 6 nitrogen and oxygen atoms in total. The second-order valence-corrected chi connectivity index (χ2v) is 6.60. The van der Waals surface area contributed by atoms with Gasteiger partial charge in [-0.3, -0.25) is 4.57 Å². The Kier molecular flexibility index (Phi) is 5.81. The van der Waals surface area contributed by atoms with Gasteiger partial charge in [0.1, 0.15) is 6.33 Å². The normalized spacial score (nSPS) is 14.9. The number of ether oxygens (including phenoxy) is 2. The molecule has 0 N–H and O–H groups in total.